The Morgan fingerprint density at radius 1 is 1.41 bits per heavy atom. The Labute approximate surface area is 108 Å². The number of thioether (sulfide) groups is 1. The molecule has 2 aromatic rings. The maximum absolute atomic E-state index is 8.96. The van der Waals surface area contributed by atoms with Gasteiger partial charge in [0.1, 0.15) is 0 Å². The molecular weight excluding hydrogens is 252 g/mol. The average molecular weight is 262 g/mol. The van der Waals surface area contributed by atoms with Crippen molar-refractivity contribution < 1.29 is 0 Å². The van der Waals surface area contributed by atoms with Crippen LogP contribution in [0.2, 0.25) is 0 Å². The monoisotopic (exact) mass is 262 g/mol. The Kier molecular flexibility index (Phi) is 3.96. The van der Waals surface area contributed by atoms with Crippen LogP contribution in [0.3, 0.4) is 0 Å². The van der Waals surface area contributed by atoms with Gasteiger partial charge in [-0.3, -0.25) is 0 Å². The molecule has 0 radical (unpaired) electrons. The lowest BCUT2D eigenvalue weighted by Gasteiger charge is -2.00. The summed E-state index contributed by atoms with van der Waals surface area (Å²) in [5.74, 6) is 0.738. The zero-order chi connectivity index (χ0) is 12.1. The Hall–Kier alpha value is -1.58. The number of aromatic nitrogens is 2. The zero-order valence-electron chi connectivity index (χ0n) is 9.17. The van der Waals surface area contributed by atoms with Gasteiger partial charge in [0.25, 0.3) is 0 Å². The Balaban J connectivity index is 2.05. The van der Waals surface area contributed by atoms with Crippen LogP contribution in [0.25, 0.3) is 0 Å². The first-order chi connectivity index (χ1) is 8.33. The summed E-state index contributed by atoms with van der Waals surface area (Å²) < 4.78 is 0.905. The van der Waals surface area contributed by atoms with Crippen molar-refractivity contribution in [1.29, 1.82) is 5.26 Å². The molecule has 0 fully saturated rings. The van der Waals surface area contributed by atoms with E-state index in [1.165, 1.54) is 11.3 Å². The molecule has 0 aliphatic carbocycles. The van der Waals surface area contributed by atoms with Gasteiger partial charge in [0.15, 0.2) is 4.34 Å². The number of rotatable bonds is 4. The molecule has 2 rings (SSSR count). The van der Waals surface area contributed by atoms with E-state index in [0.29, 0.717) is 0 Å². The fourth-order valence-electron chi connectivity index (χ4n) is 1.26. The fourth-order valence-corrected chi connectivity index (χ4v) is 2.97. The second-order valence-electron chi connectivity index (χ2n) is 3.18. The van der Waals surface area contributed by atoms with E-state index in [-0.39, 0.29) is 0 Å². The second kappa shape index (κ2) is 5.66. The summed E-state index contributed by atoms with van der Waals surface area (Å²) in [6.07, 6.45) is 0. The molecule has 6 heteroatoms. The summed E-state index contributed by atoms with van der Waals surface area (Å²) in [5.41, 5.74) is 1.75. The maximum atomic E-state index is 8.96. The number of benzene rings is 1. The van der Waals surface area contributed by atoms with Crippen molar-refractivity contribution in [3.8, 4) is 6.07 Å². The van der Waals surface area contributed by atoms with Gasteiger partial charge in [0, 0.05) is 12.8 Å². The molecular formula is C11H10N4S2. The quantitative estimate of drug-likeness (QED) is 0.858. The van der Waals surface area contributed by atoms with E-state index in [2.05, 4.69) is 21.6 Å². The summed E-state index contributed by atoms with van der Waals surface area (Å²) >= 11 is 3.11. The SMILES string of the molecule is CNc1nnc(SCc2ccccc2C#N)s1. The summed E-state index contributed by atoms with van der Waals surface area (Å²) in [7, 11) is 1.82. The molecule has 1 aromatic carbocycles. The molecule has 1 aromatic heterocycles. The predicted molar refractivity (Wildman–Crippen MR) is 70.2 cm³/mol. The number of hydrogen-bond donors (Lipinski definition) is 1. The highest BCUT2D eigenvalue weighted by Gasteiger charge is 2.06. The first-order valence-electron chi connectivity index (χ1n) is 4.95. The van der Waals surface area contributed by atoms with E-state index in [1.807, 2.05) is 31.3 Å². The van der Waals surface area contributed by atoms with Gasteiger partial charge >= 0.3 is 0 Å². The van der Waals surface area contributed by atoms with Crippen LogP contribution >= 0.6 is 23.1 Å². The molecule has 0 aliphatic rings. The van der Waals surface area contributed by atoms with Gasteiger partial charge in [-0.1, -0.05) is 41.3 Å². The standard InChI is InChI=1S/C11H10N4S2/c1-13-10-14-15-11(17-10)16-7-9-5-3-2-4-8(9)6-12/h2-5H,7H2,1H3,(H,13,14). The minimum absolute atomic E-state index is 0.721. The lowest BCUT2D eigenvalue weighted by atomic mass is 10.1. The normalized spacial score (nSPS) is 9.88. The molecule has 17 heavy (non-hydrogen) atoms. The molecule has 0 saturated carbocycles. The molecule has 4 nitrogen and oxygen atoms in total. The highest BCUT2D eigenvalue weighted by molar-refractivity contribution is 8.00. The highest BCUT2D eigenvalue weighted by Crippen LogP contribution is 2.28. The van der Waals surface area contributed by atoms with Crippen molar-refractivity contribution in [2.75, 3.05) is 12.4 Å². The van der Waals surface area contributed by atoms with Crippen LogP contribution in [0.1, 0.15) is 11.1 Å². The van der Waals surface area contributed by atoms with E-state index in [1.54, 1.807) is 11.8 Å². The van der Waals surface area contributed by atoms with Crippen LogP contribution in [-0.4, -0.2) is 17.2 Å². The summed E-state index contributed by atoms with van der Waals surface area (Å²) in [6, 6.07) is 9.79. The van der Waals surface area contributed by atoms with Gasteiger partial charge < -0.3 is 5.32 Å². The topological polar surface area (TPSA) is 61.6 Å². The third kappa shape index (κ3) is 2.96. The van der Waals surface area contributed by atoms with Crippen molar-refractivity contribution in [3.63, 3.8) is 0 Å². The molecule has 0 saturated heterocycles. The first-order valence-corrected chi connectivity index (χ1v) is 6.75. The largest absolute Gasteiger partial charge is 0.363 e. The zero-order valence-corrected chi connectivity index (χ0v) is 10.8. The van der Waals surface area contributed by atoms with Crippen LogP contribution in [0.5, 0.6) is 0 Å². The number of nitriles is 1. The van der Waals surface area contributed by atoms with Gasteiger partial charge in [-0.25, -0.2) is 0 Å². The second-order valence-corrected chi connectivity index (χ2v) is 5.38. The third-order valence-corrected chi connectivity index (χ3v) is 4.23. The summed E-state index contributed by atoms with van der Waals surface area (Å²) in [5, 5.41) is 20.7. The van der Waals surface area contributed by atoms with Crippen molar-refractivity contribution in [1.82, 2.24) is 10.2 Å². The van der Waals surface area contributed by atoms with E-state index < -0.39 is 0 Å². The van der Waals surface area contributed by atoms with Gasteiger partial charge in [-0.2, -0.15) is 5.26 Å². The van der Waals surface area contributed by atoms with Crippen molar-refractivity contribution >= 4 is 28.2 Å². The van der Waals surface area contributed by atoms with Gasteiger partial charge in [0.2, 0.25) is 5.13 Å². The maximum Gasteiger partial charge on any atom is 0.206 e. The molecule has 0 unspecified atom stereocenters. The minimum atomic E-state index is 0.721. The van der Waals surface area contributed by atoms with Crippen LogP contribution in [-0.2, 0) is 5.75 Å². The van der Waals surface area contributed by atoms with Gasteiger partial charge in [0.05, 0.1) is 11.6 Å². The Morgan fingerprint density at radius 3 is 2.94 bits per heavy atom. The van der Waals surface area contributed by atoms with E-state index >= 15 is 0 Å². The Bertz CT molecular complexity index is 544. The smallest absolute Gasteiger partial charge is 0.206 e. The minimum Gasteiger partial charge on any atom is -0.363 e. The lowest BCUT2D eigenvalue weighted by molar-refractivity contribution is 1.01. The summed E-state index contributed by atoms with van der Waals surface area (Å²) in [6.45, 7) is 0. The molecule has 1 N–H and O–H groups in total. The molecule has 1 heterocycles. The molecule has 0 bridgehead atoms. The number of nitrogens with one attached hydrogen (secondary N) is 1. The lowest BCUT2D eigenvalue weighted by Crippen LogP contribution is -1.86. The van der Waals surface area contributed by atoms with Crippen LogP contribution in [0.15, 0.2) is 28.6 Å². The molecule has 0 spiro atoms. The number of hydrogen-bond acceptors (Lipinski definition) is 6. The average Bonchev–Trinajstić information content (AvgIpc) is 2.84. The van der Waals surface area contributed by atoms with E-state index in [4.69, 9.17) is 5.26 Å². The predicted octanol–water partition coefficient (Wildman–Crippen LogP) is 2.74. The first kappa shape index (κ1) is 11.9. The fraction of sp³-hybridized carbons (Fsp3) is 0.182. The Morgan fingerprint density at radius 2 is 2.24 bits per heavy atom. The highest BCUT2D eigenvalue weighted by atomic mass is 32.2. The van der Waals surface area contributed by atoms with Crippen LogP contribution < -0.4 is 5.32 Å². The van der Waals surface area contributed by atoms with Gasteiger partial charge in [-0.15, -0.1) is 10.2 Å². The van der Waals surface area contributed by atoms with Crippen LogP contribution in [0, 0.1) is 11.3 Å². The van der Waals surface area contributed by atoms with Gasteiger partial charge in [-0.05, 0) is 11.6 Å². The molecule has 0 aliphatic heterocycles. The molecule has 0 amide bonds. The van der Waals surface area contributed by atoms with Crippen molar-refractivity contribution in [2.45, 2.75) is 10.1 Å². The summed E-state index contributed by atoms with van der Waals surface area (Å²) in [4.78, 5) is 0. The number of nitrogens with zero attached hydrogens (tertiary/aromatic N) is 3. The molecule has 0 atom stereocenters. The van der Waals surface area contributed by atoms with Crippen molar-refractivity contribution in [2.24, 2.45) is 0 Å². The third-order valence-electron chi connectivity index (χ3n) is 2.11. The van der Waals surface area contributed by atoms with Crippen LogP contribution in [0.4, 0.5) is 5.13 Å². The number of anilines is 1. The van der Waals surface area contributed by atoms with E-state index in [9.17, 15) is 0 Å². The van der Waals surface area contributed by atoms with E-state index in [0.717, 1.165) is 26.4 Å². The molecule has 86 valence electrons. The van der Waals surface area contributed by atoms with Crippen molar-refractivity contribution in [3.05, 3.63) is 35.4 Å².